The maximum atomic E-state index is 15.4. The number of rotatable bonds is 8. The summed E-state index contributed by atoms with van der Waals surface area (Å²) in [5.74, 6) is -0.703. The van der Waals surface area contributed by atoms with E-state index in [1.807, 2.05) is 30.5 Å². The Hall–Kier alpha value is -3.19. The van der Waals surface area contributed by atoms with Crippen molar-refractivity contribution in [2.75, 3.05) is 0 Å². The fraction of sp³-hybridized carbons (Fsp3) is 0.414. The second-order valence-electron chi connectivity index (χ2n) is 10.1. The van der Waals surface area contributed by atoms with Crippen LogP contribution in [0.1, 0.15) is 82.7 Å². The van der Waals surface area contributed by atoms with Gasteiger partial charge in [-0.25, -0.2) is 9.18 Å². The molecule has 1 aromatic carbocycles. The zero-order valence-electron chi connectivity index (χ0n) is 22.5. The lowest BCUT2D eigenvalue weighted by Crippen LogP contribution is -2.24. The second-order valence-corrected chi connectivity index (χ2v) is 10.5. The van der Waals surface area contributed by atoms with Gasteiger partial charge in [-0.1, -0.05) is 37.4 Å². The Kier molecular flexibility index (Phi) is 9.13. The molecule has 2 N–H and O–H groups in total. The number of benzene rings is 1. The lowest BCUT2D eigenvalue weighted by molar-refractivity contribution is 0.0604. The highest BCUT2D eigenvalue weighted by Crippen LogP contribution is 2.34. The highest BCUT2D eigenvalue weighted by atomic mass is 35.5. The van der Waals surface area contributed by atoms with E-state index in [0.29, 0.717) is 5.56 Å². The number of carbonyl (C=O) groups is 1. The number of aromatic nitrogens is 2. The number of ether oxygens (including phenoxy) is 1. The molecule has 1 amide bonds. The number of nitrogens with zero attached hydrogens (tertiary/aromatic N) is 3. The van der Waals surface area contributed by atoms with Gasteiger partial charge in [0.1, 0.15) is 17.3 Å². The molecule has 3 rings (SSSR count). The fourth-order valence-electron chi connectivity index (χ4n) is 4.37. The van der Waals surface area contributed by atoms with Crippen molar-refractivity contribution < 1.29 is 13.9 Å². The van der Waals surface area contributed by atoms with Crippen molar-refractivity contribution in [3.05, 3.63) is 69.8 Å². The van der Waals surface area contributed by atoms with E-state index in [4.69, 9.17) is 22.1 Å². The number of carbonyl (C=O) groups excluding carboxylic acids is 1. The first-order chi connectivity index (χ1) is 17.5. The first-order valence-electron chi connectivity index (χ1n) is 12.6. The molecule has 0 aliphatic heterocycles. The number of unbranched alkanes of at least 4 members (excludes halogenated alkanes) is 2. The number of aliphatic imine (C=N–C) groups is 1. The minimum absolute atomic E-state index is 0.166. The summed E-state index contributed by atoms with van der Waals surface area (Å²) >= 11 is 6.55. The third-order valence-corrected chi connectivity index (χ3v) is 6.50. The Balaban J connectivity index is 2.00. The molecule has 0 saturated heterocycles. The number of pyridine rings is 1. The Morgan fingerprint density at radius 1 is 1.30 bits per heavy atom. The summed E-state index contributed by atoms with van der Waals surface area (Å²) in [4.78, 5) is 20.4. The number of nitrogens with two attached hydrogens (primary N) is 1. The monoisotopic (exact) mass is 526 g/mol. The highest BCUT2D eigenvalue weighted by molar-refractivity contribution is 6.31. The van der Waals surface area contributed by atoms with Gasteiger partial charge < -0.3 is 15.0 Å². The summed E-state index contributed by atoms with van der Waals surface area (Å²) in [7, 11) is 0. The van der Waals surface area contributed by atoms with Crippen LogP contribution >= 0.6 is 11.6 Å². The normalized spacial score (nSPS) is 12.9. The Morgan fingerprint density at radius 2 is 2.03 bits per heavy atom. The van der Waals surface area contributed by atoms with E-state index < -0.39 is 17.5 Å². The van der Waals surface area contributed by atoms with E-state index in [-0.39, 0.29) is 23.0 Å². The molecular weight excluding hydrogens is 491 g/mol. The smallest absolute Gasteiger partial charge is 0.436 e. The molecule has 0 atom stereocenters. The molecular formula is C29H36ClFN4O2. The van der Waals surface area contributed by atoms with Crippen LogP contribution in [0.4, 0.5) is 9.18 Å². The molecule has 0 fully saturated rings. The van der Waals surface area contributed by atoms with Crippen molar-refractivity contribution in [2.24, 2.45) is 10.7 Å². The van der Waals surface area contributed by atoms with Crippen LogP contribution in [-0.4, -0.2) is 27.1 Å². The third-order valence-electron chi connectivity index (χ3n) is 6.16. The average molecular weight is 527 g/mol. The molecule has 0 bridgehead atoms. The quantitative estimate of drug-likeness (QED) is 0.184. The van der Waals surface area contributed by atoms with Gasteiger partial charge in [0.25, 0.3) is 0 Å². The number of hydrogen-bond donors (Lipinski definition) is 1. The molecule has 0 unspecified atom stereocenters. The highest BCUT2D eigenvalue weighted by Gasteiger charge is 2.21. The maximum Gasteiger partial charge on any atom is 0.436 e. The Labute approximate surface area is 223 Å². The molecule has 0 spiro atoms. The minimum Gasteiger partial charge on any atom is -0.442 e. The lowest BCUT2D eigenvalue weighted by atomic mass is 9.98. The van der Waals surface area contributed by atoms with Crippen molar-refractivity contribution in [1.82, 2.24) is 9.55 Å². The van der Waals surface area contributed by atoms with Crippen LogP contribution in [0, 0.1) is 12.7 Å². The van der Waals surface area contributed by atoms with Gasteiger partial charge >= 0.3 is 6.09 Å². The molecule has 0 saturated carbocycles. The molecule has 3 aromatic rings. The zero-order valence-corrected chi connectivity index (χ0v) is 23.2. The minimum atomic E-state index is -0.848. The standard InChI is InChI=1S/C29H36ClFN4O2/c1-7-9-10-12-19(8-2)25-18(3)35(24-13-11-14-33-26(24)25)17-21-22(30)15-20(16-23(21)31)27(32)34-28(36)37-29(4,5)6/h8,11,13-16H,7,9-10,12,17H2,1-6H3,(H2,32,34,36). The fourth-order valence-corrected chi connectivity index (χ4v) is 4.64. The van der Waals surface area contributed by atoms with Gasteiger partial charge in [-0.15, -0.1) is 0 Å². The van der Waals surface area contributed by atoms with Gasteiger partial charge in [-0.2, -0.15) is 4.99 Å². The van der Waals surface area contributed by atoms with Gasteiger partial charge in [0.15, 0.2) is 0 Å². The average Bonchev–Trinajstić information content (AvgIpc) is 3.09. The summed E-state index contributed by atoms with van der Waals surface area (Å²) in [6.07, 6.45) is 7.45. The predicted octanol–water partition coefficient (Wildman–Crippen LogP) is 7.81. The van der Waals surface area contributed by atoms with E-state index in [1.54, 1.807) is 27.0 Å². The lowest BCUT2D eigenvalue weighted by Gasteiger charge is -2.17. The van der Waals surface area contributed by atoms with Crippen molar-refractivity contribution in [3.8, 4) is 0 Å². The van der Waals surface area contributed by atoms with Gasteiger partial charge in [0.05, 0.1) is 17.6 Å². The summed E-state index contributed by atoms with van der Waals surface area (Å²) in [5, 5.41) is 0.193. The predicted molar refractivity (Wildman–Crippen MR) is 150 cm³/mol. The van der Waals surface area contributed by atoms with Crippen LogP contribution in [0.15, 0.2) is 41.5 Å². The maximum absolute atomic E-state index is 15.4. The summed E-state index contributed by atoms with van der Waals surface area (Å²) in [5.41, 5.74) is 10.9. The van der Waals surface area contributed by atoms with Crippen LogP contribution in [0.5, 0.6) is 0 Å². The molecule has 2 heterocycles. The first-order valence-corrected chi connectivity index (χ1v) is 13.0. The summed E-state index contributed by atoms with van der Waals surface area (Å²) in [6, 6.07) is 6.63. The molecule has 8 heteroatoms. The van der Waals surface area contributed by atoms with Gasteiger partial charge in [0, 0.05) is 33.6 Å². The molecule has 198 valence electrons. The number of fused-ring (bicyclic) bond motifs is 1. The Bertz CT molecular complexity index is 1330. The van der Waals surface area contributed by atoms with Crippen molar-refractivity contribution in [1.29, 1.82) is 0 Å². The van der Waals surface area contributed by atoms with E-state index in [9.17, 15) is 4.79 Å². The number of amidine groups is 1. The van der Waals surface area contributed by atoms with E-state index >= 15 is 4.39 Å². The van der Waals surface area contributed by atoms with Crippen LogP contribution < -0.4 is 5.73 Å². The molecule has 0 radical (unpaired) electrons. The van der Waals surface area contributed by atoms with E-state index in [2.05, 4.69) is 23.0 Å². The first kappa shape index (κ1) is 28.4. The van der Waals surface area contributed by atoms with Crippen LogP contribution in [-0.2, 0) is 11.3 Å². The largest absolute Gasteiger partial charge is 0.442 e. The van der Waals surface area contributed by atoms with Crippen LogP contribution in [0.3, 0.4) is 0 Å². The molecule has 37 heavy (non-hydrogen) atoms. The third kappa shape index (κ3) is 6.77. The van der Waals surface area contributed by atoms with Crippen LogP contribution in [0.2, 0.25) is 5.02 Å². The van der Waals surface area contributed by atoms with E-state index in [0.717, 1.165) is 48.0 Å². The van der Waals surface area contributed by atoms with Gasteiger partial charge in [-0.3, -0.25) is 4.98 Å². The van der Waals surface area contributed by atoms with Gasteiger partial charge in [-0.05, 0) is 77.3 Å². The van der Waals surface area contributed by atoms with Gasteiger partial charge in [0.2, 0.25) is 0 Å². The molecule has 2 aromatic heterocycles. The molecule has 0 aliphatic carbocycles. The number of allylic oxidation sites excluding steroid dienone is 2. The summed E-state index contributed by atoms with van der Waals surface area (Å²) < 4.78 is 22.6. The number of halogens is 2. The molecule has 6 nitrogen and oxygen atoms in total. The van der Waals surface area contributed by atoms with Crippen molar-refractivity contribution >= 4 is 40.1 Å². The zero-order chi connectivity index (χ0) is 27.3. The second kappa shape index (κ2) is 11.9. The topological polar surface area (TPSA) is 82.5 Å². The van der Waals surface area contributed by atoms with Crippen LogP contribution in [0.25, 0.3) is 16.6 Å². The number of hydrogen-bond acceptors (Lipinski definition) is 3. The van der Waals surface area contributed by atoms with E-state index in [1.165, 1.54) is 17.7 Å². The Morgan fingerprint density at radius 3 is 2.65 bits per heavy atom. The SMILES string of the molecule is CC=C(CCCCC)c1c(C)n(Cc2c(F)cc(C(N)=NC(=O)OC(C)(C)C)cc2Cl)c2cccnc12. The van der Waals surface area contributed by atoms with Crippen molar-refractivity contribution in [3.63, 3.8) is 0 Å². The molecule has 0 aliphatic rings. The summed E-state index contributed by atoms with van der Waals surface area (Å²) in [6.45, 7) is 11.7. The van der Waals surface area contributed by atoms with Crippen molar-refractivity contribution in [2.45, 2.75) is 79.4 Å². The number of amides is 1.